The van der Waals surface area contributed by atoms with Crippen molar-refractivity contribution in [2.45, 2.75) is 25.4 Å². The fourth-order valence-corrected chi connectivity index (χ4v) is 4.97. The van der Waals surface area contributed by atoms with Crippen LogP contribution < -0.4 is 5.32 Å². The Hall–Kier alpha value is -2.80. The number of amides is 3. The van der Waals surface area contributed by atoms with E-state index in [1.807, 2.05) is 30.3 Å². The number of benzene rings is 2. The Morgan fingerprint density at radius 2 is 1.87 bits per heavy atom. The molecule has 2 aromatic rings. The fraction of sp³-hybridized carbons (Fsp3) is 0.348. The summed E-state index contributed by atoms with van der Waals surface area (Å²) in [5.41, 5.74) is 2.68. The van der Waals surface area contributed by atoms with E-state index in [9.17, 15) is 14.4 Å². The summed E-state index contributed by atoms with van der Waals surface area (Å²) >= 11 is 1.62. The lowest BCUT2D eigenvalue weighted by molar-refractivity contribution is -0.153. The number of nitrogens with one attached hydrogen (secondary N) is 1. The summed E-state index contributed by atoms with van der Waals surface area (Å²) in [6.07, 6.45) is 0. The average Bonchev–Trinajstić information content (AvgIpc) is 3.27. The molecule has 156 valence electrons. The Bertz CT molecular complexity index is 932. The third kappa shape index (κ3) is 4.36. The highest BCUT2D eigenvalue weighted by Crippen LogP contribution is 2.26. The second kappa shape index (κ2) is 8.92. The number of carbonyl (C=O) groups is 3. The molecule has 2 aliphatic rings. The molecule has 2 aliphatic heterocycles. The van der Waals surface area contributed by atoms with Crippen LogP contribution in [-0.4, -0.2) is 58.3 Å². The highest BCUT2D eigenvalue weighted by molar-refractivity contribution is 7.99. The molecule has 1 N–H and O–H groups in total. The second-order valence-electron chi connectivity index (χ2n) is 7.79. The van der Waals surface area contributed by atoms with E-state index in [1.54, 1.807) is 33.7 Å². The van der Waals surface area contributed by atoms with Crippen molar-refractivity contribution in [3.05, 3.63) is 71.3 Å². The van der Waals surface area contributed by atoms with Gasteiger partial charge < -0.3 is 15.1 Å². The van der Waals surface area contributed by atoms with Crippen molar-refractivity contribution < 1.29 is 14.4 Å². The molecule has 0 saturated carbocycles. The maximum absolute atomic E-state index is 12.7. The molecule has 0 aliphatic carbocycles. The maximum atomic E-state index is 12.7. The van der Waals surface area contributed by atoms with Gasteiger partial charge in [0.2, 0.25) is 11.8 Å². The average molecular weight is 424 g/mol. The molecule has 3 amide bonds. The topological polar surface area (TPSA) is 69.7 Å². The summed E-state index contributed by atoms with van der Waals surface area (Å²) in [6, 6.07) is 17.0. The Morgan fingerprint density at radius 3 is 2.60 bits per heavy atom. The molecule has 4 rings (SSSR count). The van der Waals surface area contributed by atoms with Crippen molar-refractivity contribution in [1.29, 1.82) is 0 Å². The van der Waals surface area contributed by atoms with Gasteiger partial charge in [0, 0.05) is 24.4 Å². The monoisotopic (exact) mass is 423 g/mol. The van der Waals surface area contributed by atoms with Crippen molar-refractivity contribution >= 4 is 29.5 Å². The fourth-order valence-electron chi connectivity index (χ4n) is 3.80. The summed E-state index contributed by atoms with van der Waals surface area (Å²) in [5, 5.41) is 2.98. The summed E-state index contributed by atoms with van der Waals surface area (Å²) in [7, 11) is 0. The lowest BCUT2D eigenvalue weighted by atomic mass is 10.0. The Kier molecular flexibility index (Phi) is 6.08. The van der Waals surface area contributed by atoms with Crippen LogP contribution in [0.5, 0.6) is 0 Å². The van der Waals surface area contributed by atoms with E-state index >= 15 is 0 Å². The molecule has 0 bridgehead atoms. The summed E-state index contributed by atoms with van der Waals surface area (Å²) < 4.78 is 0. The highest BCUT2D eigenvalue weighted by atomic mass is 32.2. The molecule has 2 aromatic carbocycles. The number of hydrogen-bond donors (Lipinski definition) is 1. The first-order chi connectivity index (χ1) is 14.5. The molecule has 2 saturated heterocycles. The summed E-state index contributed by atoms with van der Waals surface area (Å²) in [4.78, 5) is 40.7. The number of rotatable bonds is 6. The number of fused-ring (bicyclic) bond motifs is 1. The van der Waals surface area contributed by atoms with Gasteiger partial charge in [0.05, 0.1) is 5.88 Å². The summed E-state index contributed by atoms with van der Waals surface area (Å²) in [6.45, 7) is 3.15. The van der Waals surface area contributed by atoms with Crippen LogP contribution in [0.3, 0.4) is 0 Å². The van der Waals surface area contributed by atoms with Crippen molar-refractivity contribution in [3.63, 3.8) is 0 Å². The van der Waals surface area contributed by atoms with Crippen molar-refractivity contribution in [2.24, 2.45) is 0 Å². The third-order valence-corrected chi connectivity index (χ3v) is 6.66. The largest absolute Gasteiger partial charge is 0.351 e. The molecule has 0 radical (unpaired) electrons. The molecule has 2 atom stereocenters. The first-order valence-corrected chi connectivity index (χ1v) is 11.3. The van der Waals surface area contributed by atoms with Gasteiger partial charge in [0.1, 0.15) is 12.6 Å². The van der Waals surface area contributed by atoms with Gasteiger partial charge in [0.15, 0.2) is 0 Å². The molecule has 2 heterocycles. The van der Waals surface area contributed by atoms with E-state index in [0.717, 1.165) is 5.56 Å². The van der Waals surface area contributed by atoms with E-state index in [2.05, 4.69) is 24.4 Å². The SMILES string of the molecule is C[C@H](CNC(=O)c1ccc(CN2CC(=O)N3CSC[C@@H]3C2=O)cc1)c1ccccc1. The first-order valence-electron chi connectivity index (χ1n) is 10.1. The van der Waals surface area contributed by atoms with Crippen LogP contribution in [-0.2, 0) is 16.1 Å². The predicted octanol–water partition coefficient (Wildman–Crippen LogP) is 2.46. The van der Waals surface area contributed by atoms with Gasteiger partial charge >= 0.3 is 0 Å². The van der Waals surface area contributed by atoms with Crippen LogP contribution in [0.4, 0.5) is 0 Å². The van der Waals surface area contributed by atoms with Crippen LogP contribution in [0.15, 0.2) is 54.6 Å². The minimum atomic E-state index is -0.326. The second-order valence-corrected chi connectivity index (χ2v) is 8.79. The van der Waals surface area contributed by atoms with Gasteiger partial charge in [-0.1, -0.05) is 49.4 Å². The quantitative estimate of drug-likeness (QED) is 0.775. The molecule has 2 fully saturated rings. The molecular formula is C23H25N3O3S. The zero-order chi connectivity index (χ0) is 21.1. The van der Waals surface area contributed by atoms with Crippen molar-refractivity contribution in [2.75, 3.05) is 24.7 Å². The minimum Gasteiger partial charge on any atom is -0.351 e. The van der Waals surface area contributed by atoms with Gasteiger partial charge in [-0.05, 0) is 29.2 Å². The van der Waals surface area contributed by atoms with E-state index in [-0.39, 0.29) is 36.2 Å². The van der Waals surface area contributed by atoms with Crippen LogP contribution in [0.2, 0.25) is 0 Å². The number of thioether (sulfide) groups is 1. The standard InChI is InChI=1S/C23H25N3O3S/c1-16(18-5-3-2-4-6-18)11-24-22(28)19-9-7-17(8-10-19)12-25-13-21(27)26-15-30-14-20(26)23(25)29/h2-10,16,20H,11-15H2,1H3,(H,24,28)/t16-,20-/m1/s1. The number of carbonyl (C=O) groups excluding carboxylic acids is 3. The zero-order valence-electron chi connectivity index (χ0n) is 16.9. The van der Waals surface area contributed by atoms with Gasteiger partial charge in [-0.2, -0.15) is 0 Å². The molecule has 6 nitrogen and oxygen atoms in total. The molecule has 0 aromatic heterocycles. The van der Waals surface area contributed by atoms with E-state index in [1.165, 1.54) is 5.56 Å². The predicted molar refractivity (Wildman–Crippen MR) is 117 cm³/mol. The molecule has 0 spiro atoms. The zero-order valence-corrected chi connectivity index (χ0v) is 17.7. The summed E-state index contributed by atoms with van der Waals surface area (Å²) in [5.74, 6) is 1.40. The van der Waals surface area contributed by atoms with E-state index in [4.69, 9.17) is 0 Å². The maximum Gasteiger partial charge on any atom is 0.251 e. The smallest absolute Gasteiger partial charge is 0.251 e. The van der Waals surface area contributed by atoms with Gasteiger partial charge in [-0.3, -0.25) is 14.4 Å². The number of piperazine rings is 1. The third-order valence-electron chi connectivity index (χ3n) is 5.65. The molecular weight excluding hydrogens is 398 g/mol. The number of hydrogen-bond acceptors (Lipinski definition) is 4. The van der Waals surface area contributed by atoms with Crippen molar-refractivity contribution in [3.8, 4) is 0 Å². The van der Waals surface area contributed by atoms with E-state index < -0.39 is 0 Å². The molecule has 30 heavy (non-hydrogen) atoms. The first kappa shape index (κ1) is 20.5. The highest BCUT2D eigenvalue weighted by Gasteiger charge is 2.42. The number of nitrogens with zero attached hydrogens (tertiary/aromatic N) is 2. The lowest BCUT2D eigenvalue weighted by Crippen LogP contribution is -2.57. The van der Waals surface area contributed by atoms with Crippen LogP contribution in [0.25, 0.3) is 0 Å². The van der Waals surface area contributed by atoms with Gasteiger partial charge in [-0.15, -0.1) is 11.8 Å². The minimum absolute atomic E-state index is 0.00753. The van der Waals surface area contributed by atoms with Crippen molar-refractivity contribution in [1.82, 2.24) is 15.1 Å². The van der Waals surface area contributed by atoms with Gasteiger partial charge in [0.25, 0.3) is 5.91 Å². The normalized spacial score (nSPS) is 19.6. The molecule has 7 heteroatoms. The van der Waals surface area contributed by atoms with Crippen LogP contribution >= 0.6 is 11.8 Å². The Morgan fingerprint density at radius 1 is 1.13 bits per heavy atom. The molecule has 0 unspecified atom stereocenters. The van der Waals surface area contributed by atoms with Crippen LogP contribution in [0.1, 0.15) is 34.3 Å². The van der Waals surface area contributed by atoms with E-state index in [0.29, 0.717) is 30.3 Å². The van der Waals surface area contributed by atoms with Crippen LogP contribution in [0, 0.1) is 0 Å². The Balaban J connectivity index is 1.33. The van der Waals surface area contributed by atoms with Gasteiger partial charge in [-0.25, -0.2) is 0 Å². The lowest BCUT2D eigenvalue weighted by Gasteiger charge is -2.35. The Labute approximate surface area is 180 Å².